The van der Waals surface area contributed by atoms with Gasteiger partial charge in [-0.3, -0.25) is 4.98 Å². The summed E-state index contributed by atoms with van der Waals surface area (Å²) in [6, 6.07) is 20.2. The van der Waals surface area contributed by atoms with Crippen LogP contribution in [0.2, 0.25) is 0 Å². The second kappa shape index (κ2) is 29.5. The van der Waals surface area contributed by atoms with Crippen molar-refractivity contribution in [1.82, 2.24) is 25.0 Å². The van der Waals surface area contributed by atoms with Gasteiger partial charge in [-0.25, -0.2) is 32.0 Å². The molecule has 0 saturated carbocycles. The monoisotopic (exact) mass is 772 g/mol. The summed E-state index contributed by atoms with van der Waals surface area (Å²) in [5.74, 6) is 0. The summed E-state index contributed by atoms with van der Waals surface area (Å²) < 4.78 is 15.6. The third kappa shape index (κ3) is 24.2. The van der Waals surface area contributed by atoms with Crippen molar-refractivity contribution in [1.29, 1.82) is 0 Å². The first kappa shape index (κ1) is 46.3. The number of nitrogens with zero attached hydrogens (tertiary/aromatic N) is 13. The van der Waals surface area contributed by atoms with Gasteiger partial charge in [0.1, 0.15) is 60.1 Å². The molecule has 0 fully saturated rings. The highest BCUT2D eigenvalue weighted by Gasteiger charge is 2.15. The molecule has 0 spiro atoms. The van der Waals surface area contributed by atoms with Gasteiger partial charge in [-0.15, -0.1) is 0 Å². The Labute approximate surface area is 338 Å². The number of para-hydroxylation sites is 1. The molecule has 0 aliphatic carbocycles. The van der Waals surface area contributed by atoms with Crippen LogP contribution >= 0.6 is 0 Å². The van der Waals surface area contributed by atoms with Gasteiger partial charge in [-0.05, 0) is 23.3 Å². The molecule has 0 radical (unpaired) electrons. The number of allylic oxidation sites excluding steroid dienone is 2. The molecular weight excluding hydrogens is 711 g/mol. The quantitative estimate of drug-likeness (QED) is 0.222. The van der Waals surface area contributed by atoms with Gasteiger partial charge in [0.15, 0.2) is 50.4 Å². The molecule has 3 aliphatic heterocycles. The molecule has 0 bridgehead atoms. The van der Waals surface area contributed by atoms with Crippen LogP contribution in [0.5, 0.6) is 0 Å². The van der Waals surface area contributed by atoms with Crippen molar-refractivity contribution in [2.75, 3.05) is 21.1 Å². The average Bonchev–Trinajstić information content (AvgIpc) is 4.01. The average molecular weight is 772 g/mol. The third-order valence-electron chi connectivity index (χ3n) is 7.46. The zero-order chi connectivity index (χ0) is 41.4. The van der Waals surface area contributed by atoms with Gasteiger partial charge in [0.05, 0.1) is 45.3 Å². The van der Waals surface area contributed by atoms with Crippen molar-refractivity contribution in [3.63, 3.8) is 0 Å². The normalized spacial score (nSPS) is 11.8. The van der Waals surface area contributed by atoms with E-state index in [9.17, 15) is 0 Å². The van der Waals surface area contributed by atoms with Gasteiger partial charge < -0.3 is 0 Å². The zero-order valence-corrected chi connectivity index (χ0v) is 34.8. The maximum Gasteiger partial charge on any atom is 0.285 e. The summed E-state index contributed by atoms with van der Waals surface area (Å²) >= 11 is 0. The van der Waals surface area contributed by atoms with E-state index in [1.54, 1.807) is 53.0 Å². The maximum atomic E-state index is 3.90. The standard InChI is InChI=1S/C9H10N.C6H8N.3C5H7N2.2C5H8N.C4H6N3/c1-10-7-6-8-4-2-3-5-9(8)10;1-7-5-3-2-4-6-7;1-7-4-2-6-3-5-7;1-7-4-2-3-6-5-7;1-7-5-3-2-4-6-7;2*1-6-4-2-3-5-6;1-7-3-5-2-6-4-7/h2-5,7H,6H2,1H3;2-6H,1H3;3*2-5H,1H3;2*2,4-5H,3H2,1H3;2-4H,1H3/q8*+1. The minimum Gasteiger partial charge on any atom is -0.252 e. The van der Waals surface area contributed by atoms with Crippen LogP contribution < -0.4 is 23.0 Å². The summed E-state index contributed by atoms with van der Waals surface area (Å²) in [5.41, 5.74) is 2.78. The number of fused-ring (bicyclic) bond motifs is 1. The van der Waals surface area contributed by atoms with E-state index >= 15 is 0 Å². The molecule has 6 aromatic rings. The molecule has 0 unspecified atom stereocenters. The predicted molar refractivity (Wildman–Crippen MR) is 221 cm³/mol. The van der Waals surface area contributed by atoms with E-state index in [4.69, 9.17) is 0 Å². The number of pyridine rings is 1. The molecule has 8 heterocycles. The van der Waals surface area contributed by atoms with Crippen LogP contribution in [0.4, 0.5) is 5.69 Å². The molecule has 1 aromatic carbocycles. The Bertz CT molecular complexity index is 1820. The topological polar surface area (TPSA) is 92.9 Å². The SMILES string of the molecule is C[N+]1=CCC=C1.C[N+]1=CCC=C1.C[N+]1=CCc2ccccc21.C[n+]1ccccc1.C[n+]1ccccn1.C[n+]1cccnc1.C[n+]1ccncc1.C[n+]1cncnc1. The van der Waals surface area contributed by atoms with Gasteiger partial charge in [-0.1, -0.05) is 43.9 Å². The lowest BCUT2D eigenvalue weighted by Crippen LogP contribution is -2.30. The second-order valence-corrected chi connectivity index (χ2v) is 12.6. The number of hydrogen-bond donors (Lipinski definition) is 0. The smallest absolute Gasteiger partial charge is 0.252 e. The van der Waals surface area contributed by atoms with Crippen LogP contribution in [-0.2, 0) is 41.7 Å². The van der Waals surface area contributed by atoms with E-state index in [2.05, 4.69) is 113 Å². The first-order chi connectivity index (χ1) is 27.6. The fourth-order valence-corrected chi connectivity index (χ4v) is 4.41. The number of aromatic nitrogens is 10. The summed E-state index contributed by atoms with van der Waals surface area (Å²) in [6.07, 6.45) is 43.3. The lowest BCUT2D eigenvalue weighted by molar-refractivity contribution is -0.730. The molecule has 13 nitrogen and oxygen atoms in total. The van der Waals surface area contributed by atoms with E-state index in [1.165, 1.54) is 17.6 Å². The summed E-state index contributed by atoms with van der Waals surface area (Å²) in [4.78, 5) is 15.1. The Morgan fingerprint density at radius 2 is 1.04 bits per heavy atom. The van der Waals surface area contributed by atoms with Crippen molar-refractivity contribution in [3.05, 3.63) is 178 Å². The van der Waals surface area contributed by atoms with E-state index in [0.717, 1.165) is 19.3 Å². The number of hydrogen-bond acceptors (Lipinski definition) is 5. The lowest BCUT2D eigenvalue weighted by Gasteiger charge is -1.91. The minimum atomic E-state index is 1.09. The molecule has 294 valence electrons. The first-order valence-electron chi connectivity index (χ1n) is 18.5. The second-order valence-electron chi connectivity index (χ2n) is 12.6. The van der Waals surface area contributed by atoms with Crippen molar-refractivity contribution < 1.29 is 36.7 Å². The number of benzene rings is 1. The van der Waals surface area contributed by atoms with Gasteiger partial charge in [0.25, 0.3) is 12.7 Å². The molecule has 9 rings (SSSR count). The Morgan fingerprint density at radius 1 is 0.456 bits per heavy atom. The highest BCUT2D eigenvalue weighted by atomic mass is 15.2. The molecule has 0 saturated heterocycles. The van der Waals surface area contributed by atoms with Gasteiger partial charge in [0.2, 0.25) is 18.3 Å². The van der Waals surface area contributed by atoms with E-state index in [0.29, 0.717) is 0 Å². The third-order valence-corrected chi connectivity index (χ3v) is 7.46. The van der Waals surface area contributed by atoms with E-state index < -0.39 is 0 Å². The molecule has 13 heteroatoms. The molecule has 0 atom stereocenters. The van der Waals surface area contributed by atoms with Crippen molar-refractivity contribution in [2.45, 2.75) is 19.3 Å². The van der Waals surface area contributed by atoms with Crippen LogP contribution in [0, 0.1) is 0 Å². The molecule has 5 aromatic heterocycles. The molecule has 0 amide bonds. The Balaban J connectivity index is 0.000000226. The van der Waals surface area contributed by atoms with Gasteiger partial charge >= 0.3 is 0 Å². The summed E-state index contributed by atoms with van der Waals surface area (Å²) in [7, 11) is 15.8. The Kier molecular flexibility index (Phi) is 23.9. The van der Waals surface area contributed by atoms with Gasteiger partial charge in [0, 0.05) is 48.7 Å². The fourth-order valence-electron chi connectivity index (χ4n) is 4.41. The molecule has 57 heavy (non-hydrogen) atoms. The van der Waals surface area contributed by atoms with E-state index in [-0.39, 0.29) is 0 Å². The van der Waals surface area contributed by atoms with Gasteiger partial charge in [-0.2, -0.15) is 0 Å². The fraction of sp³-hybridized carbons (Fsp3) is 0.250. The van der Waals surface area contributed by atoms with Crippen molar-refractivity contribution in [3.8, 4) is 0 Å². The largest absolute Gasteiger partial charge is 0.285 e. The van der Waals surface area contributed by atoms with Crippen LogP contribution in [0.3, 0.4) is 0 Å². The predicted octanol–water partition coefficient (Wildman–Crippen LogP) is 2.35. The minimum absolute atomic E-state index is 1.09. The van der Waals surface area contributed by atoms with Crippen LogP contribution in [0.15, 0.2) is 172 Å². The Hall–Kier alpha value is -6.89. The molecular formula is C44H61N13+8. The summed E-state index contributed by atoms with van der Waals surface area (Å²) in [5, 5.41) is 3.90. The zero-order valence-electron chi connectivity index (χ0n) is 34.8. The van der Waals surface area contributed by atoms with Crippen molar-refractivity contribution >= 4 is 24.3 Å². The Morgan fingerprint density at radius 3 is 1.37 bits per heavy atom. The van der Waals surface area contributed by atoms with E-state index in [1.807, 2.05) is 137 Å². The highest BCUT2D eigenvalue weighted by Crippen LogP contribution is 2.21. The van der Waals surface area contributed by atoms with Crippen LogP contribution in [-0.4, -0.2) is 78.5 Å². The summed E-state index contributed by atoms with van der Waals surface area (Å²) in [6.45, 7) is 0. The van der Waals surface area contributed by atoms with Crippen molar-refractivity contribution in [2.24, 2.45) is 35.2 Å². The highest BCUT2D eigenvalue weighted by molar-refractivity contribution is 5.66. The first-order valence-corrected chi connectivity index (χ1v) is 18.5. The van der Waals surface area contributed by atoms with Crippen LogP contribution in [0.1, 0.15) is 18.4 Å². The molecule has 0 N–H and O–H groups in total. The number of aryl methyl sites for hydroxylation is 5. The van der Waals surface area contributed by atoms with Crippen LogP contribution in [0.25, 0.3) is 0 Å². The molecule has 3 aliphatic rings. The maximum absolute atomic E-state index is 3.90. The number of rotatable bonds is 0. The lowest BCUT2D eigenvalue weighted by atomic mass is 10.2.